The van der Waals surface area contributed by atoms with E-state index in [1.807, 2.05) is 0 Å². The summed E-state index contributed by atoms with van der Waals surface area (Å²) < 4.78 is 5.03. The lowest BCUT2D eigenvalue weighted by molar-refractivity contribution is -0.140. The van der Waals surface area contributed by atoms with Gasteiger partial charge in [0.2, 0.25) is 0 Å². The van der Waals surface area contributed by atoms with Crippen molar-refractivity contribution in [3.63, 3.8) is 0 Å². The van der Waals surface area contributed by atoms with Crippen LogP contribution >= 0.6 is 0 Å². The molecule has 7 nitrogen and oxygen atoms in total. The Morgan fingerprint density at radius 1 is 1.50 bits per heavy atom. The topological polar surface area (TPSA) is 108 Å². The number of aliphatic carboxylic acids is 1. The number of methoxy groups -OCH3 is 1. The van der Waals surface area contributed by atoms with Crippen molar-refractivity contribution in [2.24, 2.45) is 0 Å². The third-order valence-corrected chi connectivity index (χ3v) is 2.55. The minimum atomic E-state index is -1.27. The maximum absolute atomic E-state index is 11.3. The fraction of sp³-hybridized carbons (Fsp3) is 0.778. The zero-order chi connectivity index (χ0) is 12.1. The van der Waals surface area contributed by atoms with Gasteiger partial charge in [0.25, 0.3) is 0 Å². The number of carboxylic acids is 1. The molecule has 0 heterocycles. The number of aliphatic hydroxyl groups is 1. The zero-order valence-corrected chi connectivity index (χ0v) is 8.97. The van der Waals surface area contributed by atoms with Gasteiger partial charge >= 0.3 is 12.0 Å². The highest BCUT2D eigenvalue weighted by Gasteiger charge is 2.30. The number of carboxylic acid groups (broad SMARTS) is 1. The molecule has 2 amide bonds. The van der Waals surface area contributed by atoms with Crippen LogP contribution < -0.4 is 10.6 Å². The van der Waals surface area contributed by atoms with Gasteiger partial charge < -0.3 is 25.6 Å². The van der Waals surface area contributed by atoms with E-state index in [1.54, 1.807) is 7.11 Å². The molecule has 1 saturated carbocycles. The first-order chi connectivity index (χ1) is 7.56. The van der Waals surface area contributed by atoms with Crippen molar-refractivity contribution in [3.05, 3.63) is 0 Å². The quantitative estimate of drug-likeness (QED) is 0.481. The molecule has 0 aromatic rings. The highest BCUT2D eigenvalue weighted by molar-refractivity contribution is 5.82. The SMILES string of the molecule is COC1CC(NC(=O)N[C@H](CO)C(=O)O)C1. The summed E-state index contributed by atoms with van der Waals surface area (Å²) in [6.07, 6.45) is 1.61. The van der Waals surface area contributed by atoms with Gasteiger partial charge in [0.15, 0.2) is 6.04 Å². The molecule has 1 aliphatic rings. The average Bonchev–Trinajstić information content (AvgIpc) is 2.18. The molecule has 0 aromatic heterocycles. The van der Waals surface area contributed by atoms with Crippen LogP contribution in [0.1, 0.15) is 12.8 Å². The number of aliphatic hydroxyl groups excluding tert-OH is 1. The minimum absolute atomic E-state index is 0.0121. The molecule has 0 spiro atoms. The van der Waals surface area contributed by atoms with Crippen LogP contribution in [0.15, 0.2) is 0 Å². The van der Waals surface area contributed by atoms with E-state index in [0.717, 1.165) is 12.8 Å². The largest absolute Gasteiger partial charge is 0.480 e. The summed E-state index contributed by atoms with van der Waals surface area (Å²) in [4.78, 5) is 21.8. The van der Waals surface area contributed by atoms with Gasteiger partial charge in [0, 0.05) is 13.2 Å². The summed E-state index contributed by atoms with van der Waals surface area (Å²) in [7, 11) is 1.60. The monoisotopic (exact) mass is 232 g/mol. The number of carbonyl (C=O) groups excluding carboxylic acids is 1. The summed E-state index contributed by atoms with van der Waals surface area (Å²) >= 11 is 0. The Hall–Kier alpha value is -1.34. The first-order valence-corrected chi connectivity index (χ1v) is 5.00. The van der Waals surface area contributed by atoms with Gasteiger partial charge in [-0.05, 0) is 12.8 Å². The van der Waals surface area contributed by atoms with Crippen LogP contribution in [0.5, 0.6) is 0 Å². The number of hydrogen-bond donors (Lipinski definition) is 4. The molecule has 1 fully saturated rings. The molecule has 0 bridgehead atoms. The normalized spacial score (nSPS) is 25.4. The smallest absolute Gasteiger partial charge is 0.328 e. The van der Waals surface area contributed by atoms with Crippen molar-refractivity contribution in [3.8, 4) is 0 Å². The van der Waals surface area contributed by atoms with E-state index < -0.39 is 24.6 Å². The van der Waals surface area contributed by atoms with E-state index in [2.05, 4.69) is 10.6 Å². The summed E-state index contributed by atoms with van der Waals surface area (Å²) in [6.45, 7) is -0.631. The Bertz CT molecular complexity index is 265. The van der Waals surface area contributed by atoms with E-state index in [9.17, 15) is 9.59 Å². The fourth-order valence-electron chi connectivity index (χ4n) is 1.45. The molecule has 0 saturated heterocycles. The Morgan fingerprint density at radius 3 is 2.56 bits per heavy atom. The highest BCUT2D eigenvalue weighted by atomic mass is 16.5. The molecule has 92 valence electrons. The molecule has 16 heavy (non-hydrogen) atoms. The van der Waals surface area contributed by atoms with Crippen LogP contribution in [0.25, 0.3) is 0 Å². The van der Waals surface area contributed by atoms with Crippen LogP contribution in [0.2, 0.25) is 0 Å². The highest BCUT2D eigenvalue weighted by Crippen LogP contribution is 2.22. The molecule has 0 unspecified atom stereocenters. The van der Waals surface area contributed by atoms with Gasteiger partial charge in [0.1, 0.15) is 0 Å². The predicted octanol–water partition coefficient (Wildman–Crippen LogP) is -1.09. The van der Waals surface area contributed by atoms with Gasteiger partial charge in [-0.25, -0.2) is 9.59 Å². The van der Waals surface area contributed by atoms with E-state index in [4.69, 9.17) is 14.9 Å². The average molecular weight is 232 g/mol. The third kappa shape index (κ3) is 3.35. The maximum Gasteiger partial charge on any atom is 0.328 e. The molecule has 1 aliphatic carbocycles. The number of nitrogens with one attached hydrogen (secondary N) is 2. The van der Waals surface area contributed by atoms with E-state index in [-0.39, 0.29) is 12.1 Å². The summed E-state index contributed by atoms with van der Waals surface area (Å²) in [6, 6.07) is -1.84. The molecule has 1 atom stereocenters. The second-order valence-electron chi connectivity index (χ2n) is 3.72. The van der Waals surface area contributed by atoms with Gasteiger partial charge in [-0.15, -0.1) is 0 Å². The third-order valence-electron chi connectivity index (χ3n) is 2.55. The molecule has 0 aliphatic heterocycles. The number of ether oxygens (including phenoxy) is 1. The Balaban J connectivity index is 2.23. The Morgan fingerprint density at radius 2 is 2.12 bits per heavy atom. The molecule has 0 aromatic carbocycles. The number of urea groups is 1. The Labute approximate surface area is 92.8 Å². The summed E-state index contributed by atoms with van der Waals surface area (Å²) in [5.74, 6) is -1.26. The van der Waals surface area contributed by atoms with Crippen molar-refractivity contribution < 1.29 is 24.5 Å². The van der Waals surface area contributed by atoms with Gasteiger partial charge in [-0.3, -0.25) is 0 Å². The number of hydrogen-bond acceptors (Lipinski definition) is 4. The van der Waals surface area contributed by atoms with Gasteiger partial charge in [-0.1, -0.05) is 0 Å². The number of amides is 2. The van der Waals surface area contributed by atoms with Crippen LogP contribution in [0, 0.1) is 0 Å². The lowest BCUT2D eigenvalue weighted by atomic mass is 9.89. The van der Waals surface area contributed by atoms with Gasteiger partial charge in [-0.2, -0.15) is 0 Å². The number of rotatable bonds is 5. The number of carbonyl (C=O) groups is 2. The summed E-state index contributed by atoms with van der Waals surface area (Å²) in [5, 5.41) is 22.0. The maximum atomic E-state index is 11.3. The van der Waals surface area contributed by atoms with E-state index >= 15 is 0 Å². The van der Waals surface area contributed by atoms with Crippen molar-refractivity contribution in [1.82, 2.24) is 10.6 Å². The molecule has 7 heteroatoms. The Kier molecular flexibility index (Phi) is 4.51. The van der Waals surface area contributed by atoms with Crippen LogP contribution in [-0.2, 0) is 9.53 Å². The minimum Gasteiger partial charge on any atom is -0.480 e. The lowest BCUT2D eigenvalue weighted by Crippen LogP contribution is -2.54. The summed E-state index contributed by atoms with van der Waals surface area (Å²) in [5.41, 5.74) is 0. The first-order valence-electron chi connectivity index (χ1n) is 5.00. The zero-order valence-electron chi connectivity index (χ0n) is 8.97. The standard InChI is InChI=1S/C9H16N2O5/c1-16-6-2-5(3-6)10-9(15)11-7(4-12)8(13)14/h5-7,12H,2-4H2,1H3,(H,13,14)(H2,10,11,15)/t5?,6?,7-/m1/s1. The van der Waals surface area contributed by atoms with Gasteiger partial charge in [0.05, 0.1) is 12.7 Å². The van der Waals surface area contributed by atoms with Crippen molar-refractivity contribution in [1.29, 1.82) is 0 Å². The fourth-order valence-corrected chi connectivity index (χ4v) is 1.45. The van der Waals surface area contributed by atoms with Crippen LogP contribution in [0.3, 0.4) is 0 Å². The van der Waals surface area contributed by atoms with Crippen molar-refractivity contribution >= 4 is 12.0 Å². The molecule has 0 radical (unpaired) electrons. The molecular formula is C9H16N2O5. The predicted molar refractivity (Wildman–Crippen MR) is 54.0 cm³/mol. The molecule has 1 rings (SSSR count). The van der Waals surface area contributed by atoms with Crippen molar-refractivity contribution in [2.45, 2.75) is 31.0 Å². The lowest BCUT2D eigenvalue weighted by Gasteiger charge is -2.34. The van der Waals surface area contributed by atoms with Crippen LogP contribution in [-0.4, -0.2) is 54.1 Å². The first kappa shape index (κ1) is 12.7. The second-order valence-corrected chi connectivity index (χ2v) is 3.72. The van der Waals surface area contributed by atoms with E-state index in [0.29, 0.717) is 0 Å². The molecular weight excluding hydrogens is 216 g/mol. The van der Waals surface area contributed by atoms with Crippen LogP contribution in [0.4, 0.5) is 4.79 Å². The second kappa shape index (κ2) is 5.66. The molecule has 4 N–H and O–H groups in total. The van der Waals surface area contributed by atoms with E-state index in [1.165, 1.54) is 0 Å². The van der Waals surface area contributed by atoms with Crippen molar-refractivity contribution in [2.75, 3.05) is 13.7 Å².